The van der Waals surface area contributed by atoms with Crippen molar-refractivity contribution in [2.45, 2.75) is 59.2 Å². The van der Waals surface area contributed by atoms with Gasteiger partial charge in [-0.05, 0) is 51.8 Å². The lowest BCUT2D eigenvalue weighted by Crippen LogP contribution is -2.47. The molecular weight excluding hydrogens is 358 g/mol. The van der Waals surface area contributed by atoms with E-state index in [1.54, 1.807) is 12.3 Å². The molecule has 2 aromatic rings. The Morgan fingerprint density at radius 1 is 1.35 bits per heavy atom. The molecule has 0 spiro atoms. The van der Waals surface area contributed by atoms with E-state index in [-0.39, 0.29) is 5.75 Å². The molecule has 1 aromatic carbocycles. The fraction of sp³-hybridized carbons (Fsp3) is 0.474. The van der Waals surface area contributed by atoms with Crippen molar-refractivity contribution in [3.8, 4) is 16.3 Å². The van der Waals surface area contributed by atoms with Crippen LogP contribution in [0.3, 0.4) is 0 Å². The SMILES string of the molecule is CCC/C(C)=N\c1c(OC(F)(F)C(C)(C)O)ccc(-c2nccs2)c1C. The molecule has 0 saturated carbocycles. The van der Waals surface area contributed by atoms with Crippen LogP contribution < -0.4 is 4.74 Å². The van der Waals surface area contributed by atoms with Crippen molar-refractivity contribution in [3.05, 3.63) is 29.3 Å². The molecule has 7 heteroatoms. The summed E-state index contributed by atoms with van der Waals surface area (Å²) in [6.07, 6.45) is -0.415. The minimum Gasteiger partial charge on any atom is -0.428 e. The smallest absolute Gasteiger partial charge is 0.426 e. The van der Waals surface area contributed by atoms with E-state index in [1.165, 1.54) is 17.4 Å². The van der Waals surface area contributed by atoms with E-state index < -0.39 is 11.7 Å². The number of alkyl halides is 2. The monoisotopic (exact) mass is 382 g/mol. The van der Waals surface area contributed by atoms with Crippen molar-refractivity contribution >= 4 is 22.7 Å². The van der Waals surface area contributed by atoms with Crippen molar-refractivity contribution in [3.63, 3.8) is 0 Å². The highest BCUT2D eigenvalue weighted by atomic mass is 32.1. The number of benzene rings is 1. The van der Waals surface area contributed by atoms with Crippen LogP contribution in [0.25, 0.3) is 10.6 Å². The first kappa shape index (κ1) is 20.5. The summed E-state index contributed by atoms with van der Waals surface area (Å²) >= 11 is 1.46. The number of aliphatic hydroxyl groups is 1. The van der Waals surface area contributed by atoms with E-state index in [9.17, 15) is 13.9 Å². The summed E-state index contributed by atoms with van der Waals surface area (Å²) in [5.41, 5.74) is 0.367. The number of hydrogen-bond acceptors (Lipinski definition) is 5. The third-order valence-corrected chi connectivity index (χ3v) is 4.73. The molecule has 0 amide bonds. The summed E-state index contributed by atoms with van der Waals surface area (Å²) in [6, 6.07) is 3.15. The van der Waals surface area contributed by atoms with Crippen molar-refractivity contribution < 1.29 is 18.6 Å². The molecule has 0 bridgehead atoms. The number of nitrogens with zero attached hydrogens (tertiary/aromatic N) is 2. The largest absolute Gasteiger partial charge is 0.428 e. The Balaban J connectivity index is 2.57. The fourth-order valence-corrected chi connectivity index (χ4v) is 3.08. The lowest BCUT2D eigenvalue weighted by Gasteiger charge is -2.29. The summed E-state index contributed by atoms with van der Waals surface area (Å²) in [6.45, 7) is 7.71. The molecule has 1 N–H and O–H groups in total. The molecule has 0 radical (unpaired) electrons. The molecule has 4 nitrogen and oxygen atoms in total. The average molecular weight is 382 g/mol. The Kier molecular flexibility index (Phi) is 6.13. The molecule has 26 heavy (non-hydrogen) atoms. The molecule has 0 aliphatic carbocycles. The maximum absolute atomic E-state index is 14.3. The fourth-order valence-electron chi connectivity index (χ4n) is 2.36. The van der Waals surface area contributed by atoms with Gasteiger partial charge in [-0.3, -0.25) is 4.99 Å². The van der Waals surface area contributed by atoms with Crippen LogP contribution in [0.5, 0.6) is 5.75 Å². The topological polar surface area (TPSA) is 54.7 Å². The Morgan fingerprint density at radius 3 is 2.58 bits per heavy atom. The molecule has 2 rings (SSSR count). The van der Waals surface area contributed by atoms with Gasteiger partial charge in [0.1, 0.15) is 10.7 Å². The van der Waals surface area contributed by atoms with E-state index in [2.05, 4.69) is 9.98 Å². The normalized spacial score (nSPS) is 13.2. The van der Waals surface area contributed by atoms with Gasteiger partial charge in [-0.2, -0.15) is 8.78 Å². The molecular formula is C19H24F2N2O2S. The zero-order chi connectivity index (χ0) is 19.5. The van der Waals surface area contributed by atoms with Gasteiger partial charge in [-0.1, -0.05) is 13.3 Å². The summed E-state index contributed by atoms with van der Waals surface area (Å²) < 4.78 is 33.4. The quantitative estimate of drug-likeness (QED) is 0.620. The summed E-state index contributed by atoms with van der Waals surface area (Å²) in [5, 5.41) is 12.4. The number of thiazole rings is 1. The highest BCUT2D eigenvalue weighted by Gasteiger charge is 2.49. The third kappa shape index (κ3) is 4.45. The van der Waals surface area contributed by atoms with Crippen LogP contribution >= 0.6 is 11.3 Å². The first-order valence-corrected chi connectivity index (χ1v) is 9.31. The van der Waals surface area contributed by atoms with Crippen LogP contribution in [-0.4, -0.2) is 27.5 Å². The van der Waals surface area contributed by atoms with E-state index in [0.717, 1.165) is 43.0 Å². The van der Waals surface area contributed by atoms with Crippen molar-refractivity contribution in [1.29, 1.82) is 0 Å². The summed E-state index contributed by atoms with van der Waals surface area (Å²) in [5.74, 6) is -0.0645. The van der Waals surface area contributed by atoms with Gasteiger partial charge in [0.25, 0.3) is 0 Å². The van der Waals surface area contributed by atoms with Crippen molar-refractivity contribution in [2.24, 2.45) is 4.99 Å². The van der Waals surface area contributed by atoms with Gasteiger partial charge in [0, 0.05) is 22.9 Å². The molecule has 0 fully saturated rings. The third-order valence-electron chi connectivity index (χ3n) is 3.92. The van der Waals surface area contributed by atoms with Crippen LogP contribution in [0.2, 0.25) is 0 Å². The number of hydrogen-bond donors (Lipinski definition) is 1. The zero-order valence-corrected chi connectivity index (χ0v) is 16.5. The maximum Gasteiger partial charge on any atom is 0.426 e. The lowest BCUT2D eigenvalue weighted by molar-refractivity contribution is -0.276. The summed E-state index contributed by atoms with van der Waals surface area (Å²) in [4.78, 5) is 8.83. The predicted molar refractivity (Wildman–Crippen MR) is 102 cm³/mol. The van der Waals surface area contributed by atoms with Crippen LogP contribution in [0.1, 0.15) is 46.1 Å². The highest BCUT2D eigenvalue weighted by Crippen LogP contribution is 2.42. The Bertz CT molecular complexity index is 782. The average Bonchev–Trinajstić information content (AvgIpc) is 3.04. The van der Waals surface area contributed by atoms with Gasteiger partial charge < -0.3 is 9.84 Å². The number of aliphatic imine (C=N–C) groups is 1. The predicted octanol–water partition coefficient (Wildman–Crippen LogP) is 5.75. The number of ether oxygens (including phenoxy) is 1. The van der Waals surface area contributed by atoms with Gasteiger partial charge in [-0.25, -0.2) is 4.98 Å². The molecule has 0 unspecified atom stereocenters. The Hall–Kier alpha value is -1.86. The molecule has 1 heterocycles. The number of aromatic nitrogens is 1. The van der Waals surface area contributed by atoms with Gasteiger partial charge >= 0.3 is 6.11 Å². The lowest BCUT2D eigenvalue weighted by atomic mass is 10.1. The van der Waals surface area contributed by atoms with Crippen LogP contribution in [-0.2, 0) is 0 Å². The molecule has 0 aliphatic heterocycles. The second kappa shape index (κ2) is 7.80. The van der Waals surface area contributed by atoms with Gasteiger partial charge in [-0.15, -0.1) is 11.3 Å². The molecule has 1 aromatic heterocycles. The Morgan fingerprint density at radius 2 is 2.04 bits per heavy atom. The summed E-state index contributed by atoms with van der Waals surface area (Å²) in [7, 11) is 0. The maximum atomic E-state index is 14.3. The van der Waals surface area contributed by atoms with Crippen LogP contribution in [0, 0.1) is 6.92 Å². The van der Waals surface area contributed by atoms with Gasteiger partial charge in [0.15, 0.2) is 11.4 Å². The number of rotatable bonds is 7. The second-order valence-corrected chi connectivity index (χ2v) is 7.59. The molecule has 0 aliphatic rings. The van der Waals surface area contributed by atoms with Gasteiger partial charge in [0.2, 0.25) is 0 Å². The molecule has 0 saturated heterocycles. The van der Waals surface area contributed by atoms with E-state index in [0.29, 0.717) is 11.3 Å². The van der Waals surface area contributed by atoms with E-state index in [1.807, 2.05) is 26.2 Å². The van der Waals surface area contributed by atoms with Crippen molar-refractivity contribution in [2.75, 3.05) is 0 Å². The molecule has 0 atom stereocenters. The Labute approximate surface area is 156 Å². The van der Waals surface area contributed by atoms with Gasteiger partial charge in [0.05, 0.1) is 0 Å². The zero-order valence-electron chi connectivity index (χ0n) is 15.6. The number of halogens is 2. The van der Waals surface area contributed by atoms with Crippen LogP contribution in [0.15, 0.2) is 28.7 Å². The van der Waals surface area contributed by atoms with Crippen LogP contribution in [0.4, 0.5) is 14.5 Å². The highest BCUT2D eigenvalue weighted by molar-refractivity contribution is 7.13. The van der Waals surface area contributed by atoms with E-state index in [4.69, 9.17) is 4.74 Å². The minimum atomic E-state index is -3.76. The standard InChI is InChI=1S/C19H24F2N2O2S/c1-6-7-12(2)23-16-13(3)14(17-22-10-11-26-17)8-9-15(16)25-19(20,21)18(4,5)24/h8-11,24H,6-7H2,1-5H3/b23-12-. The molecule has 142 valence electrons. The first-order valence-electron chi connectivity index (χ1n) is 8.43. The first-order chi connectivity index (χ1) is 12.1. The minimum absolute atomic E-state index is 0.0645. The van der Waals surface area contributed by atoms with E-state index >= 15 is 0 Å². The van der Waals surface area contributed by atoms with Crippen molar-refractivity contribution in [1.82, 2.24) is 4.98 Å². The second-order valence-electron chi connectivity index (χ2n) is 6.70.